The van der Waals surface area contributed by atoms with Gasteiger partial charge in [0, 0.05) is 18.2 Å². The summed E-state index contributed by atoms with van der Waals surface area (Å²) in [7, 11) is 0. The van der Waals surface area contributed by atoms with Gasteiger partial charge in [0.2, 0.25) is 0 Å². The Hall–Kier alpha value is -1.34. The number of aliphatic hydroxyl groups is 2. The van der Waals surface area contributed by atoms with Crippen molar-refractivity contribution in [3.05, 3.63) is 35.4 Å². The standard InChI is InChI=1S/C15H19NO2/c17-10-2-3-13-5-7-14(8-6-13)11-16-9-1-4-15(16)12-18/h5-8,15,17-18H,1,4,9-12H2. The Kier molecular flexibility index (Phi) is 4.77. The van der Waals surface area contributed by atoms with Crippen LogP contribution in [0, 0.1) is 11.8 Å². The number of likely N-dealkylation sites (tertiary alicyclic amines) is 1. The highest BCUT2D eigenvalue weighted by molar-refractivity contribution is 5.36. The summed E-state index contributed by atoms with van der Waals surface area (Å²) in [5.74, 6) is 5.52. The largest absolute Gasteiger partial charge is 0.395 e. The molecule has 0 saturated carbocycles. The first-order valence-electron chi connectivity index (χ1n) is 6.37. The molecule has 0 spiro atoms. The van der Waals surface area contributed by atoms with Gasteiger partial charge in [-0.1, -0.05) is 24.0 Å². The molecular formula is C15H19NO2. The van der Waals surface area contributed by atoms with Crippen molar-refractivity contribution in [1.29, 1.82) is 0 Å². The van der Waals surface area contributed by atoms with Gasteiger partial charge >= 0.3 is 0 Å². The fourth-order valence-electron chi connectivity index (χ4n) is 2.38. The topological polar surface area (TPSA) is 43.7 Å². The van der Waals surface area contributed by atoms with Gasteiger partial charge in [0.15, 0.2) is 0 Å². The summed E-state index contributed by atoms with van der Waals surface area (Å²) in [5, 5.41) is 17.9. The Bertz CT molecular complexity index is 430. The average Bonchev–Trinajstić information content (AvgIpc) is 2.85. The summed E-state index contributed by atoms with van der Waals surface area (Å²) >= 11 is 0. The SMILES string of the molecule is OCC#Cc1ccc(CN2CCCC2CO)cc1. The summed E-state index contributed by atoms with van der Waals surface area (Å²) in [5.41, 5.74) is 2.16. The van der Waals surface area contributed by atoms with Crippen molar-refractivity contribution in [2.45, 2.75) is 25.4 Å². The predicted octanol–water partition coefficient (Wildman–Crippen LogP) is 0.987. The molecule has 3 heteroatoms. The summed E-state index contributed by atoms with van der Waals surface area (Å²) in [6.45, 7) is 2.10. The Morgan fingerprint density at radius 2 is 2.00 bits per heavy atom. The van der Waals surface area contributed by atoms with Crippen LogP contribution in [0.1, 0.15) is 24.0 Å². The van der Waals surface area contributed by atoms with Crippen molar-refractivity contribution in [1.82, 2.24) is 4.90 Å². The van der Waals surface area contributed by atoms with E-state index in [1.807, 2.05) is 12.1 Å². The minimum absolute atomic E-state index is 0.103. The zero-order valence-corrected chi connectivity index (χ0v) is 10.5. The second-order valence-corrected chi connectivity index (χ2v) is 4.61. The van der Waals surface area contributed by atoms with Gasteiger partial charge in [0.25, 0.3) is 0 Å². The Balaban J connectivity index is 1.97. The average molecular weight is 245 g/mol. The van der Waals surface area contributed by atoms with Crippen LogP contribution in [0.4, 0.5) is 0 Å². The molecule has 2 rings (SSSR count). The molecular weight excluding hydrogens is 226 g/mol. The van der Waals surface area contributed by atoms with Gasteiger partial charge in [-0.15, -0.1) is 0 Å². The Labute approximate surface area is 108 Å². The minimum Gasteiger partial charge on any atom is -0.395 e. The first-order valence-corrected chi connectivity index (χ1v) is 6.37. The Morgan fingerprint density at radius 3 is 2.67 bits per heavy atom. The lowest BCUT2D eigenvalue weighted by Crippen LogP contribution is -2.31. The number of hydrogen-bond donors (Lipinski definition) is 2. The Morgan fingerprint density at radius 1 is 1.22 bits per heavy atom. The lowest BCUT2D eigenvalue weighted by molar-refractivity contribution is 0.153. The number of rotatable bonds is 3. The van der Waals surface area contributed by atoms with Crippen molar-refractivity contribution in [2.75, 3.05) is 19.8 Å². The van der Waals surface area contributed by atoms with Crippen molar-refractivity contribution in [3.63, 3.8) is 0 Å². The van der Waals surface area contributed by atoms with E-state index >= 15 is 0 Å². The third-order valence-corrected chi connectivity index (χ3v) is 3.36. The summed E-state index contributed by atoms with van der Waals surface area (Å²) in [6, 6.07) is 8.39. The molecule has 1 unspecified atom stereocenters. The number of nitrogens with zero attached hydrogens (tertiary/aromatic N) is 1. The van der Waals surface area contributed by atoms with Crippen LogP contribution in [-0.2, 0) is 6.54 Å². The van der Waals surface area contributed by atoms with Crippen LogP contribution < -0.4 is 0 Å². The normalized spacial score (nSPS) is 19.6. The monoisotopic (exact) mass is 245 g/mol. The first kappa shape index (κ1) is 13.1. The van der Waals surface area contributed by atoms with Crippen LogP contribution >= 0.6 is 0 Å². The molecule has 1 atom stereocenters. The fourth-order valence-corrected chi connectivity index (χ4v) is 2.38. The van der Waals surface area contributed by atoms with Crippen molar-refractivity contribution < 1.29 is 10.2 Å². The molecule has 1 aromatic carbocycles. The maximum Gasteiger partial charge on any atom is 0.104 e. The van der Waals surface area contributed by atoms with E-state index in [9.17, 15) is 5.11 Å². The molecule has 18 heavy (non-hydrogen) atoms. The predicted molar refractivity (Wildman–Crippen MR) is 70.9 cm³/mol. The second kappa shape index (κ2) is 6.55. The second-order valence-electron chi connectivity index (χ2n) is 4.61. The molecule has 1 fully saturated rings. The van der Waals surface area contributed by atoms with E-state index in [-0.39, 0.29) is 13.2 Å². The van der Waals surface area contributed by atoms with Gasteiger partial charge in [-0.2, -0.15) is 0 Å². The molecule has 0 bridgehead atoms. The third-order valence-electron chi connectivity index (χ3n) is 3.36. The zero-order valence-electron chi connectivity index (χ0n) is 10.5. The zero-order chi connectivity index (χ0) is 12.8. The molecule has 1 heterocycles. The molecule has 1 aliphatic heterocycles. The van der Waals surface area contributed by atoms with Crippen LogP contribution in [0.3, 0.4) is 0 Å². The highest BCUT2D eigenvalue weighted by atomic mass is 16.3. The molecule has 96 valence electrons. The first-order chi connectivity index (χ1) is 8.83. The number of benzene rings is 1. The molecule has 2 N–H and O–H groups in total. The van der Waals surface area contributed by atoms with Crippen LogP contribution in [-0.4, -0.2) is 40.9 Å². The van der Waals surface area contributed by atoms with Crippen molar-refractivity contribution in [3.8, 4) is 11.8 Å². The van der Waals surface area contributed by atoms with Crippen LogP contribution in [0.5, 0.6) is 0 Å². The molecule has 0 radical (unpaired) electrons. The van der Waals surface area contributed by atoms with E-state index in [1.54, 1.807) is 0 Å². The lowest BCUT2D eigenvalue weighted by Gasteiger charge is -2.22. The van der Waals surface area contributed by atoms with E-state index in [4.69, 9.17) is 5.11 Å². The molecule has 0 amide bonds. The lowest BCUT2D eigenvalue weighted by atomic mass is 10.1. The molecule has 1 aromatic rings. The number of hydrogen-bond acceptors (Lipinski definition) is 3. The van der Waals surface area contributed by atoms with Crippen molar-refractivity contribution in [2.24, 2.45) is 0 Å². The molecule has 0 aliphatic carbocycles. The van der Waals surface area contributed by atoms with E-state index < -0.39 is 0 Å². The fraction of sp³-hybridized carbons (Fsp3) is 0.467. The summed E-state index contributed by atoms with van der Waals surface area (Å²) in [6.07, 6.45) is 2.27. The van der Waals surface area contributed by atoms with E-state index in [2.05, 4.69) is 28.9 Å². The molecule has 3 nitrogen and oxygen atoms in total. The van der Waals surface area contributed by atoms with Gasteiger partial charge in [-0.25, -0.2) is 0 Å². The van der Waals surface area contributed by atoms with E-state index in [0.29, 0.717) is 6.04 Å². The summed E-state index contributed by atoms with van der Waals surface area (Å²) in [4.78, 5) is 2.33. The van der Waals surface area contributed by atoms with Gasteiger partial charge in [0.05, 0.1) is 6.61 Å². The van der Waals surface area contributed by atoms with E-state index in [1.165, 1.54) is 12.0 Å². The highest BCUT2D eigenvalue weighted by Gasteiger charge is 2.23. The molecule has 0 aromatic heterocycles. The van der Waals surface area contributed by atoms with Crippen LogP contribution in [0.2, 0.25) is 0 Å². The molecule has 1 saturated heterocycles. The minimum atomic E-state index is -0.103. The van der Waals surface area contributed by atoms with Crippen molar-refractivity contribution >= 4 is 0 Å². The van der Waals surface area contributed by atoms with Gasteiger partial charge in [-0.05, 0) is 37.1 Å². The van der Waals surface area contributed by atoms with Crippen LogP contribution in [0.15, 0.2) is 24.3 Å². The molecule has 1 aliphatic rings. The van der Waals surface area contributed by atoms with Gasteiger partial charge < -0.3 is 10.2 Å². The quantitative estimate of drug-likeness (QED) is 0.780. The summed E-state index contributed by atoms with van der Waals surface area (Å²) < 4.78 is 0. The highest BCUT2D eigenvalue weighted by Crippen LogP contribution is 2.19. The van der Waals surface area contributed by atoms with E-state index in [0.717, 1.165) is 25.1 Å². The van der Waals surface area contributed by atoms with Gasteiger partial charge in [-0.3, -0.25) is 4.90 Å². The smallest absolute Gasteiger partial charge is 0.104 e. The maximum absolute atomic E-state index is 9.27. The van der Waals surface area contributed by atoms with Crippen LogP contribution in [0.25, 0.3) is 0 Å². The third kappa shape index (κ3) is 3.33. The maximum atomic E-state index is 9.27. The van der Waals surface area contributed by atoms with Gasteiger partial charge in [0.1, 0.15) is 6.61 Å². The number of aliphatic hydroxyl groups excluding tert-OH is 2.